The van der Waals surface area contributed by atoms with E-state index >= 15 is 0 Å². The van der Waals surface area contributed by atoms with Crippen LogP contribution in [0.25, 0.3) is 6.08 Å². The van der Waals surface area contributed by atoms with E-state index in [1.807, 2.05) is 30.5 Å². The second-order valence-electron chi connectivity index (χ2n) is 4.11. The molecule has 0 bridgehead atoms. The first kappa shape index (κ1) is 14.5. The second-order valence-corrected chi connectivity index (χ2v) is 6.39. The zero-order valence-corrected chi connectivity index (χ0v) is 12.4. The van der Waals surface area contributed by atoms with Crippen LogP contribution in [0.3, 0.4) is 0 Å². The smallest absolute Gasteiger partial charge is 0.328 e. The van der Waals surface area contributed by atoms with Gasteiger partial charge < -0.3 is 10.4 Å². The molecule has 2 aromatic heterocycles. The minimum atomic E-state index is -0.973. The van der Waals surface area contributed by atoms with Gasteiger partial charge in [0.15, 0.2) is 0 Å². The van der Waals surface area contributed by atoms with Gasteiger partial charge in [-0.15, -0.1) is 22.7 Å². The minimum absolute atomic E-state index is 0.0841. The average Bonchev–Trinajstić information content (AvgIpc) is 3.02. The summed E-state index contributed by atoms with van der Waals surface area (Å²) in [6.07, 6.45) is 2.63. The van der Waals surface area contributed by atoms with E-state index in [9.17, 15) is 9.59 Å². The Balaban J connectivity index is 1.91. The summed E-state index contributed by atoms with van der Waals surface area (Å²) in [5, 5.41) is 13.3. The molecule has 0 saturated heterocycles. The largest absolute Gasteiger partial charge is 0.478 e. The number of carbonyl (C=O) groups excluding carboxylic acids is 1. The Morgan fingerprint density at radius 3 is 2.85 bits per heavy atom. The fourth-order valence-corrected chi connectivity index (χ4v) is 3.13. The van der Waals surface area contributed by atoms with Crippen molar-refractivity contribution in [3.63, 3.8) is 0 Å². The summed E-state index contributed by atoms with van der Waals surface area (Å²) in [5.74, 6) is -1.06. The highest BCUT2D eigenvalue weighted by Gasteiger charge is 2.08. The third-order valence-corrected chi connectivity index (χ3v) is 4.43. The van der Waals surface area contributed by atoms with Gasteiger partial charge in [0.2, 0.25) is 0 Å². The second kappa shape index (κ2) is 6.49. The van der Waals surface area contributed by atoms with E-state index in [-0.39, 0.29) is 5.91 Å². The van der Waals surface area contributed by atoms with Gasteiger partial charge in [0.25, 0.3) is 5.91 Å². The van der Waals surface area contributed by atoms with Crippen molar-refractivity contribution in [3.8, 4) is 0 Å². The predicted molar refractivity (Wildman–Crippen MR) is 81.2 cm³/mol. The molecule has 4 nitrogen and oxygen atoms in total. The fraction of sp³-hybridized carbons (Fsp3) is 0.143. The Morgan fingerprint density at radius 1 is 1.40 bits per heavy atom. The molecule has 0 aromatic carbocycles. The highest BCUT2D eigenvalue weighted by Crippen LogP contribution is 2.17. The van der Waals surface area contributed by atoms with Crippen LogP contribution < -0.4 is 5.32 Å². The van der Waals surface area contributed by atoms with Crippen molar-refractivity contribution in [3.05, 3.63) is 49.9 Å². The third kappa shape index (κ3) is 4.04. The lowest BCUT2D eigenvalue weighted by Gasteiger charge is -2.00. The third-order valence-electron chi connectivity index (χ3n) is 2.48. The van der Waals surface area contributed by atoms with E-state index in [1.165, 1.54) is 28.7 Å². The molecule has 0 fully saturated rings. The van der Waals surface area contributed by atoms with Crippen LogP contribution in [0.15, 0.2) is 29.7 Å². The number of carboxylic acids is 1. The van der Waals surface area contributed by atoms with Crippen molar-refractivity contribution in [2.75, 3.05) is 0 Å². The molecule has 0 atom stereocenters. The highest BCUT2D eigenvalue weighted by atomic mass is 32.1. The number of rotatable bonds is 5. The van der Waals surface area contributed by atoms with Crippen LogP contribution in [0.4, 0.5) is 0 Å². The van der Waals surface area contributed by atoms with E-state index in [0.717, 1.165) is 21.4 Å². The lowest BCUT2D eigenvalue weighted by Crippen LogP contribution is -2.21. The highest BCUT2D eigenvalue weighted by molar-refractivity contribution is 7.14. The fourth-order valence-electron chi connectivity index (χ4n) is 1.56. The molecule has 0 unspecified atom stereocenters. The summed E-state index contributed by atoms with van der Waals surface area (Å²) < 4.78 is 0. The first-order valence-corrected chi connectivity index (χ1v) is 7.57. The number of carboxylic acid groups (broad SMARTS) is 1. The number of thiophene rings is 2. The Hall–Kier alpha value is -1.92. The van der Waals surface area contributed by atoms with E-state index in [4.69, 9.17) is 5.11 Å². The molecule has 6 heteroatoms. The van der Waals surface area contributed by atoms with Crippen LogP contribution in [-0.2, 0) is 11.3 Å². The topological polar surface area (TPSA) is 66.4 Å². The molecule has 20 heavy (non-hydrogen) atoms. The van der Waals surface area contributed by atoms with Crippen LogP contribution in [0.5, 0.6) is 0 Å². The summed E-state index contributed by atoms with van der Waals surface area (Å²) in [7, 11) is 0. The quantitative estimate of drug-likeness (QED) is 0.834. The van der Waals surface area contributed by atoms with E-state index in [2.05, 4.69) is 5.32 Å². The molecule has 0 aliphatic carbocycles. The number of nitrogens with one attached hydrogen (secondary N) is 1. The molecule has 0 aliphatic rings. The van der Waals surface area contributed by atoms with Crippen LogP contribution >= 0.6 is 22.7 Å². The molecular weight excluding hydrogens is 294 g/mol. The van der Waals surface area contributed by atoms with Crippen LogP contribution in [0, 0.1) is 6.92 Å². The summed E-state index contributed by atoms with van der Waals surface area (Å²) in [6, 6.07) is 5.59. The van der Waals surface area contributed by atoms with E-state index in [0.29, 0.717) is 11.4 Å². The molecule has 2 aromatic rings. The molecule has 1 amide bonds. The molecule has 104 valence electrons. The Morgan fingerprint density at radius 2 is 2.20 bits per heavy atom. The monoisotopic (exact) mass is 307 g/mol. The van der Waals surface area contributed by atoms with Gasteiger partial charge in [-0.25, -0.2) is 4.79 Å². The summed E-state index contributed by atoms with van der Waals surface area (Å²) in [5.41, 5.74) is 0.827. The molecule has 0 radical (unpaired) electrons. The van der Waals surface area contributed by atoms with E-state index in [1.54, 1.807) is 0 Å². The van der Waals surface area contributed by atoms with Crippen LogP contribution in [0.1, 0.15) is 25.0 Å². The van der Waals surface area contributed by atoms with Crippen molar-refractivity contribution in [2.24, 2.45) is 0 Å². The average molecular weight is 307 g/mol. The number of amides is 1. The maximum atomic E-state index is 11.9. The Bertz CT molecular complexity index is 655. The van der Waals surface area contributed by atoms with Crippen molar-refractivity contribution in [1.29, 1.82) is 0 Å². The molecular formula is C14H13NO3S2. The zero-order valence-electron chi connectivity index (χ0n) is 10.8. The standard InChI is InChI=1S/C14H13NO3S2/c1-9-2-4-12(20-9)14(18)15-7-11-6-10(8-19-11)3-5-13(16)17/h2-6,8H,7H2,1H3,(H,15,18)(H,16,17). The van der Waals surface area contributed by atoms with Gasteiger partial charge in [0.05, 0.1) is 11.4 Å². The van der Waals surface area contributed by atoms with Crippen molar-refractivity contribution >= 4 is 40.6 Å². The SMILES string of the molecule is Cc1ccc(C(=O)NCc2cc(C=CC(=O)O)cs2)s1. The van der Waals surface area contributed by atoms with Crippen molar-refractivity contribution < 1.29 is 14.7 Å². The van der Waals surface area contributed by atoms with Crippen molar-refractivity contribution in [2.45, 2.75) is 13.5 Å². The Labute approximate surface area is 124 Å². The number of hydrogen-bond donors (Lipinski definition) is 2. The summed E-state index contributed by atoms with van der Waals surface area (Å²) >= 11 is 2.95. The lowest BCUT2D eigenvalue weighted by molar-refractivity contribution is -0.131. The maximum absolute atomic E-state index is 11.9. The normalized spacial score (nSPS) is 10.8. The van der Waals surface area contributed by atoms with Gasteiger partial charge in [-0.2, -0.15) is 0 Å². The molecule has 2 N–H and O–H groups in total. The van der Waals surface area contributed by atoms with Crippen molar-refractivity contribution in [1.82, 2.24) is 5.32 Å². The maximum Gasteiger partial charge on any atom is 0.328 e. The van der Waals surface area contributed by atoms with Gasteiger partial charge in [-0.3, -0.25) is 4.79 Å². The van der Waals surface area contributed by atoms with Gasteiger partial charge in [-0.1, -0.05) is 0 Å². The first-order valence-electron chi connectivity index (χ1n) is 5.87. The Kier molecular flexibility index (Phi) is 4.70. The number of aryl methyl sites for hydroxylation is 1. The summed E-state index contributed by atoms with van der Waals surface area (Å²) in [6.45, 7) is 2.41. The van der Waals surface area contributed by atoms with Gasteiger partial charge in [0, 0.05) is 15.8 Å². The molecule has 2 heterocycles. The number of carbonyl (C=O) groups is 2. The molecule has 0 saturated carbocycles. The van der Waals surface area contributed by atoms with Gasteiger partial charge >= 0.3 is 5.97 Å². The lowest BCUT2D eigenvalue weighted by atomic mass is 10.3. The van der Waals surface area contributed by atoms with Gasteiger partial charge in [-0.05, 0) is 42.1 Å². The van der Waals surface area contributed by atoms with E-state index < -0.39 is 5.97 Å². The van der Waals surface area contributed by atoms with Crippen LogP contribution in [0.2, 0.25) is 0 Å². The molecule has 0 spiro atoms. The summed E-state index contributed by atoms with van der Waals surface area (Å²) in [4.78, 5) is 25.1. The minimum Gasteiger partial charge on any atom is -0.478 e. The molecule has 0 aliphatic heterocycles. The molecule has 2 rings (SSSR count). The number of hydrogen-bond acceptors (Lipinski definition) is 4. The number of aliphatic carboxylic acids is 1. The predicted octanol–water partition coefficient (Wildman–Crippen LogP) is 3.15. The zero-order chi connectivity index (χ0) is 14.5. The van der Waals surface area contributed by atoms with Gasteiger partial charge in [0.1, 0.15) is 0 Å². The first-order chi connectivity index (χ1) is 9.54. The van der Waals surface area contributed by atoms with Crippen LogP contribution in [-0.4, -0.2) is 17.0 Å².